The highest BCUT2D eigenvalue weighted by Gasteiger charge is 2.36. The first kappa shape index (κ1) is 19.0. The summed E-state index contributed by atoms with van der Waals surface area (Å²) in [6.07, 6.45) is 8.16. The number of likely N-dealkylation sites (tertiary alicyclic amines) is 2. The third-order valence-corrected chi connectivity index (χ3v) is 5.20. The molecule has 124 valence electrons. The summed E-state index contributed by atoms with van der Waals surface area (Å²) in [7, 11) is 0. The number of nitrogens with two attached hydrogens (primary N) is 1. The average molecular weight is 338 g/mol. The van der Waals surface area contributed by atoms with Gasteiger partial charge in [0.25, 0.3) is 0 Å². The van der Waals surface area contributed by atoms with E-state index in [1.807, 2.05) is 0 Å². The monoisotopic (exact) mass is 337 g/mol. The van der Waals surface area contributed by atoms with Crippen molar-refractivity contribution in [1.82, 2.24) is 9.80 Å². The number of carbonyl (C=O) groups excluding carboxylic acids is 1. The van der Waals surface area contributed by atoms with Crippen molar-refractivity contribution in [3.8, 4) is 0 Å². The Hall–Kier alpha value is -0.0300. The molecule has 6 heteroatoms. The van der Waals surface area contributed by atoms with E-state index < -0.39 is 0 Å². The molecule has 0 aromatic rings. The zero-order valence-corrected chi connectivity index (χ0v) is 14.3. The number of rotatable bonds is 2. The molecule has 4 nitrogen and oxygen atoms in total. The van der Waals surface area contributed by atoms with E-state index in [9.17, 15) is 4.79 Å². The Labute approximate surface area is 140 Å². The van der Waals surface area contributed by atoms with E-state index in [1.165, 1.54) is 38.8 Å². The van der Waals surface area contributed by atoms with Crippen molar-refractivity contribution in [2.75, 3.05) is 26.2 Å². The third-order valence-electron chi connectivity index (χ3n) is 5.20. The molecule has 1 amide bonds. The van der Waals surface area contributed by atoms with Gasteiger partial charge in [-0.05, 0) is 51.6 Å². The van der Waals surface area contributed by atoms with Gasteiger partial charge >= 0.3 is 0 Å². The SMILES string of the molecule is Cl.Cl.NC1CCC(C(=O)N2CCC(N3CCCCC3)C2)C1. The van der Waals surface area contributed by atoms with Crippen LogP contribution in [-0.4, -0.2) is 54.0 Å². The lowest BCUT2D eigenvalue weighted by Gasteiger charge is -2.32. The molecule has 0 aromatic carbocycles. The fourth-order valence-corrected chi connectivity index (χ4v) is 4.02. The van der Waals surface area contributed by atoms with Crippen LogP contribution in [0, 0.1) is 5.92 Å². The van der Waals surface area contributed by atoms with Gasteiger partial charge in [0.2, 0.25) is 5.91 Å². The normalized spacial score (nSPS) is 33.4. The highest BCUT2D eigenvalue weighted by Crippen LogP contribution is 2.28. The molecule has 21 heavy (non-hydrogen) atoms. The second-order valence-corrected chi connectivity index (χ2v) is 6.59. The Bertz CT molecular complexity index is 337. The van der Waals surface area contributed by atoms with Crippen molar-refractivity contribution >= 4 is 30.7 Å². The smallest absolute Gasteiger partial charge is 0.225 e. The molecule has 2 heterocycles. The summed E-state index contributed by atoms with van der Waals surface area (Å²) in [5, 5.41) is 0. The van der Waals surface area contributed by atoms with E-state index in [0.717, 1.165) is 32.4 Å². The van der Waals surface area contributed by atoms with Crippen molar-refractivity contribution in [2.24, 2.45) is 11.7 Å². The first-order chi connectivity index (χ1) is 9.24. The summed E-state index contributed by atoms with van der Waals surface area (Å²) >= 11 is 0. The maximum Gasteiger partial charge on any atom is 0.225 e. The highest BCUT2D eigenvalue weighted by atomic mass is 35.5. The molecule has 1 saturated carbocycles. The Morgan fingerprint density at radius 1 is 0.952 bits per heavy atom. The molecule has 3 fully saturated rings. The molecule has 0 spiro atoms. The number of nitrogens with zero attached hydrogens (tertiary/aromatic N) is 2. The minimum absolute atomic E-state index is 0. The molecule has 3 rings (SSSR count). The summed E-state index contributed by atoms with van der Waals surface area (Å²) in [5.41, 5.74) is 5.93. The lowest BCUT2D eigenvalue weighted by molar-refractivity contribution is -0.134. The lowest BCUT2D eigenvalue weighted by atomic mass is 10.1. The second-order valence-electron chi connectivity index (χ2n) is 6.59. The van der Waals surface area contributed by atoms with Gasteiger partial charge in [-0.15, -0.1) is 24.8 Å². The number of carbonyl (C=O) groups is 1. The predicted molar refractivity (Wildman–Crippen MR) is 90.2 cm³/mol. The van der Waals surface area contributed by atoms with Crippen LogP contribution < -0.4 is 5.73 Å². The summed E-state index contributed by atoms with van der Waals surface area (Å²) < 4.78 is 0. The number of piperidine rings is 1. The van der Waals surface area contributed by atoms with Gasteiger partial charge in [0.15, 0.2) is 0 Å². The van der Waals surface area contributed by atoms with Gasteiger partial charge in [-0.1, -0.05) is 6.42 Å². The van der Waals surface area contributed by atoms with Gasteiger partial charge in [0, 0.05) is 31.1 Å². The lowest BCUT2D eigenvalue weighted by Crippen LogP contribution is -2.42. The van der Waals surface area contributed by atoms with Crippen molar-refractivity contribution < 1.29 is 4.79 Å². The van der Waals surface area contributed by atoms with E-state index in [-0.39, 0.29) is 36.8 Å². The Balaban J connectivity index is 0.00000110. The molecule has 2 aliphatic heterocycles. The van der Waals surface area contributed by atoms with Gasteiger partial charge < -0.3 is 10.6 Å². The molecule has 0 aromatic heterocycles. The van der Waals surface area contributed by atoms with Crippen LogP contribution in [0.1, 0.15) is 44.9 Å². The van der Waals surface area contributed by atoms with Crippen molar-refractivity contribution in [2.45, 2.75) is 57.0 Å². The van der Waals surface area contributed by atoms with Crippen LogP contribution >= 0.6 is 24.8 Å². The van der Waals surface area contributed by atoms with Gasteiger partial charge in [-0.3, -0.25) is 9.69 Å². The molecule has 1 aliphatic carbocycles. The number of hydrogen-bond acceptors (Lipinski definition) is 3. The maximum atomic E-state index is 12.5. The Kier molecular flexibility index (Phi) is 7.75. The van der Waals surface area contributed by atoms with Gasteiger partial charge in [-0.25, -0.2) is 0 Å². The predicted octanol–water partition coefficient (Wildman–Crippen LogP) is 2.04. The van der Waals surface area contributed by atoms with Gasteiger partial charge in [0.1, 0.15) is 0 Å². The Morgan fingerprint density at radius 3 is 2.29 bits per heavy atom. The summed E-state index contributed by atoms with van der Waals surface area (Å²) in [5.74, 6) is 0.600. The van der Waals surface area contributed by atoms with E-state index in [0.29, 0.717) is 11.9 Å². The molecule has 3 aliphatic rings. The zero-order valence-electron chi connectivity index (χ0n) is 12.7. The summed E-state index contributed by atoms with van der Waals surface area (Å²) in [4.78, 5) is 17.2. The van der Waals surface area contributed by atoms with E-state index in [4.69, 9.17) is 5.73 Å². The van der Waals surface area contributed by atoms with Crippen LogP contribution in [0.3, 0.4) is 0 Å². The molecule has 3 atom stereocenters. The first-order valence-corrected chi connectivity index (χ1v) is 8.02. The number of amides is 1. The van der Waals surface area contributed by atoms with Gasteiger partial charge in [-0.2, -0.15) is 0 Å². The number of hydrogen-bond donors (Lipinski definition) is 1. The molecule has 0 radical (unpaired) electrons. The fraction of sp³-hybridized carbons (Fsp3) is 0.933. The third kappa shape index (κ3) is 4.47. The minimum atomic E-state index is 0. The van der Waals surface area contributed by atoms with Crippen LogP contribution in [0.5, 0.6) is 0 Å². The maximum absolute atomic E-state index is 12.5. The molecule has 0 bridgehead atoms. The largest absolute Gasteiger partial charge is 0.341 e. The summed E-state index contributed by atoms with van der Waals surface area (Å²) in [6.45, 7) is 4.40. The topological polar surface area (TPSA) is 49.6 Å². The molecule has 2 N–H and O–H groups in total. The summed E-state index contributed by atoms with van der Waals surface area (Å²) in [6, 6.07) is 0.883. The van der Waals surface area contributed by atoms with Crippen LogP contribution in [0.2, 0.25) is 0 Å². The van der Waals surface area contributed by atoms with E-state index in [1.54, 1.807) is 0 Å². The van der Waals surface area contributed by atoms with Crippen LogP contribution in [-0.2, 0) is 4.79 Å². The standard InChI is InChI=1S/C15H27N3O.2ClH/c16-13-5-4-12(10-13)15(19)18-9-6-14(11-18)17-7-2-1-3-8-17;;/h12-14H,1-11,16H2;2*1H. The first-order valence-electron chi connectivity index (χ1n) is 8.02. The minimum Gasteiger partial charge on any atom is -0.341 e. The molecule has 2 saturated heterocycles. The van der Waals surface area contributed by atoms with E-state index >= 15 is 0 Å². The van der Waals surface area contributed by atoms with Crippen LogP contribution in [0.15, 0.2) is 0 Å². The van der Waals surface area contributed by atoms with E-state index in [2.05, 4.69) is 9.80 Å². The quantitative estimate of drug-likeness (QED) is 0.838. The molecular formula is C15H29Cl2N3O. The van der Waals surface area contributed by atoms with Crippen LogP contribution in [0.25, 0.3) is 0 Å². The Morgan fingerprint density at radius 2 is 1.67 bits per heavy atom. The second kappa shape index (κ2) is 8.56. The fourth-order valence-electron chi connectivity index (χ4n) is 4.02. The molecular weight excluding hydrogens is 309 g/mol. The number of halogens is 2. The van der Waals surface area contributed by atoms with Crippen molar-refractivity contribution in [3.63, 3.8) is 0 Å². The van der Waals surface area contributed by atoms with Gasteiger partial charge in [0.05, 0.1) is 0 Å². The van der Waals surface area contributed by atoms with Crippen molar-refractivity contribution in [1.29, 1.82) is 0 Å². The van der Waals surface area contributed by atoms with Crippen molar-refractivity contribution in [3.05, 3.63) is 0 Å². The molecule has 3 unspecified atom stereocenters. The zero-order chi connectivity index (χ0) is 13.2. The average Bonchev–Trinajstić information content (AvgIpc) is 3.08. The highest BCUT2D eigenvalue weighted by molar-refractivity contribution is 5.85. The van der Waals surface area contributed by atoms with Crippen LogP contribution in [0.4, 0.5) is 0 Å².